The third-order valence-electron chi connectivity index (χ3n) is 8.80. The number of hydrogen-bond donors (Lipinski definition) is 2. The van der Waals surface area contributed by atoms with Crippen LogP contribution in [0.2, 0.25) is 0 Å². The van der Waals surface area contributed by atoms with Crippen molar-refractivity contribution in [2.45, 2.75) is 104 Å². The number of carbonyl (C=O) groups is 1. The first-order valence-corrected chi connectivity index (χ1v) is 16.9. The van der Waals surface area contributed by atoms with E-state index in [9.17, 15) is 4.79 Å². The lowest BCUT2D eigenvalue weighted by molar-refractivity contribution is 0.0676. The summed E-state index contributed by atoms with van der Waals surface area (Å²) in [5, 5.41) is 7.07. The van der Waals surface area contributed by atoms with Crippen LogP contribution in [0.3, 0.4) is 0 Å². The van der Waals surface area contributed by atoms with Crippen LogP contribution in [0, 0.1) is 17.8 Å². The van der Waals surface area contributed by atoms with Crippen LogP contribution in [-0.4, -0.2) is 77.0 Å². The van der Waals surface area contributed by atoms with Gasteiger partial charge >= 0.3 is 0 Å². The summed E-state index contributed by atoms with van der Waals surface area (Å²) in [6, 6.07) is 5.55. The number of rotatable bonds is 19. The Morgan fingerprint density at radius 2 is 1.81 bits per heavy atom. The fourth-order valence-electron chi connectivity index (χ4n) is 5.99. The zero-order valence-electron chi connectivity index (χ0n) is 27.8. The lowest BCUT2D eigenvalue weighted by Gasteiger charge is -2.29. The van der Waals surface area contributed by atoms with Gasteiger partial charge in [-0.15, -0.1) is 0 Å². The number of nitrogens with zero attached hydrogens (tertiary/aromatic N) is 1. The molecule has 1 aromatic rings. The topological polar surface area (TPSA) is 72.1 Å². The van der Waals surface area contributed by atoms with Gasteiger partial charge in [0.15, 0.2) is 11.5 Å². The second-order valence-electron chi connectivity index (χ2n) is 12.5. The number of ether oxygens (including phenoxy) is 3. The summed E-state index contributed by atoms with van der Waals surface area (Å²) in [5.41, 5.74) is 0.632. The SMILES string of the molecule is CCCCCC(CC)CNCC1CCCC1.COCCCOc1cc(C(=O)N(CC2CCNC2)C(C)C)ccc1OC. The largest absolute Gasteiger partial charge is 0.493 e. The molecule has 1 aromatic carbocycles. The molecule has 1 saturated carbocycles. The van der Waals surface area contributed by atoms with Crippen LogP contribution in [0.4, 0.5) is 0 Å². The molecule has 0 spiro atoms. The Morgan fingerprint density at radius 1 is 1.02 bits per heavy atom. The van der Waals surface area contributed by atoms with Gasteiger partial charge in [-0.05, 0) is 102 Å². The summed E-state index contributed by atoms with van der Waals surface area (Å²) >= 11 is 0. The van der Waals surface area contributed by atoms with E-state index in [1.807, 2.05) is 11.0 Å². The first-order valence-electron chi connectivity index (χ1n) is 16.9. The van der Waals surface area contributed by atoms with Crippen molar-refractivity contribution < 1.29 is 19.0 Å². The molecule has 2 atom stereocenters. The number of hydrogen-bond acceptors (Lipinski definition) is 6. The van der Waals surface area contributed by atoms with Gasteiger partial charge in [-0.1, -0.05) is 52.4 Å². The maximum atomic E-state index is 13.1. The van der Waals surface area contributed by atoms with E-state index in [2.05, 4.69) is 38.3 Å². The Morgan fingerprint density at radius 3 is 2.43 bits per heavy atom. The summed E-state index contributed by atoms with van der Waals surface area (Å²) in [6.07, 6.45) is 14.8. The summed E-state index contributed by atoms with van der Waals surface area (Å²) in [7, 11) is 3.27. The molecule has 7 heteroatoms. The number of benzene rings is 1. The first kappa shape index (κ1) is 36.4. The van der Waals surface area contributed by atoms with Crippen molar-refractivity contribution in [3.63, 3.8) is 0 Å². The predicted molar refractivity (Wildman–Crippen MR) is 175 cm³/mol. The quantitative estimate of drug-likeness (QED) is 0.170. The van der Waals surface area contributed by atoms with Crippen LogP contribution in [0.5, 0.6) is 11.5 Å². The highest BCUT2D eigenvalue weighted by molar-refractivity contribution is 5.95. The van der Waals surface area contributed by atoms with Crippen molar-refractivity contribution in [1.29, 1.82) is 0 Å². The van der Waals surface area contributed by atoms with Gasteiger partial charge in [0.05, 0.1) is 13.7 Å². The summed E-state index contributed by atoms with van der Waals surface area (Å²) in [4.78, 5) is 15.0. The number of carbonyl (C=O) groups excluding carboxylic acids is 1. The van der Waals surface area contributed by atoms with E-state index < -0.39 is 0 Å². The zero-order valence-corrected chi connectivity index (χ0v) is 27.8. The van der Waals surface area contributed by atoms with Crippen LogP contribution in [0.15, 0.2) is 18.2 Å². The Labute approximate surface area is 257 Å². The minimum absolute atomic E-state index is 0.0382. The highest BCUT2D eigenvalue weighted by Crippen LogP contribution is 2.29. The molecule has 1 amide bonds. The molecule has 2 fully saturated rings. The number of unbranched alkanes of at least 4 members (excludes halogenated alkanes) is 2. The zero-order chi connectivity index (χ0) is 30.6. The molecule has 42 heavy (non-hydrogen) atoms. The van der Waals surface area contributed by atoms with Crippen molar-refractivity contribution in [2.24, 2.45) is 17.8 Å². The normalized spacial score (nSPS) is 17.6. The first-order chi connectivity index (χ1) is 20.4. The van der Waals surface area contributed by atoms with Crippen molar-refractivity contribution in [1.82, 2.24) is 15.5 Å². The van der Waals surface area contributed by atoms with Gasteiger partial charge < -0.3 is 29.7 Å². The second kappa shape index (κ2) is 21.8. The van der Waals surface area contributed by atoms with Gasteiger partial charge in [-0.2, -0.15) is 0 Å². The van der Waals surface area contributed by atoms with Crippen molar-refractivity contribution in [3.8, 4) is 11.5 Å². The minimum atomic E-state index is 0.0382. The molecule has 1 saturated heterocycles. The van der Waals surface area contributed by atoms with Gasteiger partial charge in [0.25, 0.3) is 5.91 Å². The molecule has 0 aromatic heterocycles. The molecule has 1 aliphatic heterocycles. The van der Waals surface area contributed by atoms with Crippen LogP contribution in [0.25, 0.3) is 0 Å². The van der Waals surface area contributed by atoms with E-state index in [0.29, 0.717) is 36.2 Å². The van der Waals surface area contributed by atoms with Gasteiger partial charge in [0, 0.05) is 38.3 Å². The predicted octanol–water partition coefficient (Wildman–Crippen LogP) is 6.94. The summed E-state index contributed by atoms with van der Waals surface area (Å²) < 4.78 is 16.2. The molecular formula is C35H63N3O4. The Kier molecular flexibility index (Phi) is 18.9. The van der Waals surface area contributed by atoms with E-state index in [-0.39, 0.29) is 11.9 Å². The molecule has 2 N–H and O–H groups in total. The molecule has 1 aliphatic carbocycles. The average Bonchev–Trinajstić information content (AvgIpc) is 3.72. The number of amides is 1. The van der Waals surface area contributed by atoms with Gasteiger partial charge in [0.2, 0.25) is 0 Å². The molecule has 7 nitrogen and oxygen atoms in total. The summed E-state index contributed by atoms with van der Waals surface area (Å²) in [6.45, 7) is 15.2. The van der Waals surface area contributed by atoms with Crippen molar-refractivity contribution >= 4 is 5.91 Å². The van der Waals surface area contributed by atoms with Crippen molar-refractivity contribution in [2.75, 3.05) is 60.2 Å². The standard InChI is InChI=1S/C20H32N2O4.C15H31N/c1-15(2)22(14-16-8-9-21-13-16)20(23)17-6-7-18(25-4)19(12-17)26-11-5-10-24-3;1-3-5-6-9-14(4-2)12-16-13-15-10-7-8-11-15/h6-7,12,15-16,21H,5,8-11,13-14H2,1-4H3;14-16H,3-13H2,1-2H3. The fraction of sp³-hybridized carbons (Fsp3) is 0.800. The molecule has 2 aliphatic rings. The molecule has 242 valence electrons. The maximum Gasteiger partial charge on any atom is 0.254 e. The number of nitrogens with one attached hydrogen (secondary N) is 2. The van der Waals surface area contributed by atoms with Gasteiger partial charge in [-0.25, -0.2) is 0 Å². The Bertz CT molecular complexity index is 838. The van der Waals surface area contributed by atoms with E-state index in [4.69, 9.17) is 14.2 Å². The molecule has 0 bridgehead atoms. The molecule has 2 unspecified atom stereocenters. The fourth-order valence-corrected chi connectivity index (χ4v) is 5.99. The number of methoxy groups -OCH3 is 2. The third-order valence-corrected chi connectivity index (χ3v) is 8.80. The van der Waals surface area contributed by atoms with Crippen LogP contribution < -0.4 is 20.1 Å². The van der Waals surface area contributed by atoms with E-state index in [1.165, 1.54) is 70.9 Å². The monoisotopic (exact) mass is 589 g/mol. The van der Waals surface area contributed by atoms with Crippen molar-refractivity contribution in [3.05, 3.63) is 23.8 Å². The lowest BCUT2D eigenvalue weighted by atomic mass is 9.98. The average molecular weight is 590 g/mol. The van der Waals surface area contributed by atoms with Crippen LogP contribution in [0.1, 0.15) is 109 Å². The van der Waals surface area contributed by atoms with Gasteiger partial charge in [0.1, 0.15) is 0 Å². The second-order valence-corrected chi connectivity index (χ2v) is 12.5. The van der Waals surface area contributed by atoms with Gasteiger partial charge in [-0.3, -0.25) is 4.79 Å². The molecule has 1 heterocycles. The lowest BCUT2D eigenvalue weighted by Crippen LogP contribution is -2.40. The Balaban J connectivity index is 0.000000330. The smallest absolute Gasteiger partial charge is 0.254 e. The summed E-state index contributed by atoms with van der Waals surface area (Å²) in [5.74, 6) is 3.71. The third kappa shape index (κ3) is 13.6. The maximum absolute atomic E-state index is 13.1. The van der Waals surface area contributed by atoms with E-state index in [0.717, 1.165) is 44.3 Å². The molecule has 3 rings (SSSR count). The molecular weight excluding hydrogens is 526 g/mol. The van der Waals surface area contributed by atoms with Crippen LogP contribution in [-0.2, 0) is 4.74 Å². The Hall–Kier alpha value is -1.83. The van der Waals surface area contributed by atoms with E-state index >= 15 is 0 Å². The van der Waals surface area contributed by atoms with Crippen LogP contribution >= 0.6 is 0 Å². The minimum Gasteiger partial charge on any atom is -0.493 e. The highest BCUT2D eigenvalue weighted by atomic mass is 16.5. The molecule has 0 radical (unpaired) electrons. The van der Waals surface area contributed by atoms with E-state index in [1.54, 1.807) is 26.4 Å². The highest BCUT2D eigenvalue weighted by Gasteiger charge is 2.25.